The van der Waals surface area contributed by atoms with E-state index in [1.807, 2.05) is 6.07 Å². The number of nitrogen functional groups attached to an aromatic ring is 1. The molecule has 1 fully saturated rings. The molecule has 0 aliphatic carbocycles. The molecule has 0 unspecified atom stereocenters. The molecule has 4 rings (SSSR count). The number of rotatable bonds is 4. The number of aromatic nitrogens is 1. The first-order valence-electron chi connectivity index (χ1n) is 9.73. The molecule has 0 radical (unpaired) electrons. The molecule has 3 aromatic rings. The van der Waals surface area contributed by atoms with Crippen molar-refractivity contribution in [3.8, 4) is 17.0 Å². The Labute approximate surface area is 196 Å². The number of alkyl halides is 3. The Morgan fingerprint density at radius 2 is 1.70 bits per heavy atom. The second-order valence-corrected chi connectivity index (χ2v) is 8.03. The number of amides is 1. The standard InChI is InChI=1S/C21H17Cl2F3N4O3/c22-15-6-3-13(11-16(15)23)29-7-9-30(10-8-29)20(31)17-18(28-33-19(17)27)12-1-4-14(5-2-12)32-21(24,25)26/h1-6,11H,7-10,27H2. The van der Waals surface area contributed by atoms with Crippen molar-refractivity contribution < 1.29 is 27.2 Å². The Hall–Kier alpha value is -3.11. The van der Waals surface area contributed by atoms with Gasteiger partial charge in [0.25, 0.3) is 5.91 Å². The third-order valence-corrected chi connectivity index (χ3v) is 5.87. The summed E-state index contributed by atoms with van der Waals surface area (Å²) in [5.41, 5.74) is 7.32. The third-order valence-electron chi connectivity index (χ3n) is 5.13. The molecule has 2 N–H and O–H groups in total. The first kappa shape index (κ1) is 23.1. The zero-order valence-electron chi connectivity index (χ0n) is 16.9. The Balaban J connectivity index is 1.48. The summed E-state index contributed by atoms with van der Waals surface area (Å²) in [6, 6.07) is 10.3. The van der Waals surface area contributed by atoms with Gasteiger partial charge in [0.05, 0.1) is 10.0 Å². The maximum Gasteiger partial charge on any atom is 0.573 e. The number of ether oxygens (including phenoxy) is 1. The average Bonchev–Trinajstić information content (AvgIpc) is 3.16. The summed E-state index contributed by atoms with van der Waals surface area (Å²) >= 11 is 12.1. The van der Waals surface area contributed by atoms with Crippen LogP contribution in [0.15, 0.2) is 47.0 Å². The highest BCUT2D eigenvalue weighted by molar-refractivity contribution is 6.42. The number of halogens is 5. The van der Waals surface area contributed by atoms with Gasteiger partial charge in [-0.3, -0.25) is 4.79 Å². The number of benzene rings is 2. The minimum atomic E-state index is -4.81. The monoisotopic (exact) mass is 500 g/mol. The molecule has 2 aromatic carbocycles. The fourth-order valence-corrected chi connectivity index (χ4v) is 3.82. The number of hydrogen-bond acceptors (Lipinski definition) is 6. The highest BCUT2D eigenvalue weighted by atomic mass is 35.5. The van der Waals surface area contributed by atoms with E-state index in [1.165, 1.54) is 12.1 Å². The number of nitrogens with zero attached hydrogens (tertiary/aromatic N) is 3. The molecule has 1 saturated heterocycles. The van der Waals surface area contributed by atoms with E-state index in [9.17, 15) is 18.0 Å². The van der Waals surface area contributed by atoms with E-state index in [1.54, 1.807) is 17.0 Å². The van der Waals surface area contributed by atoms with E-state index >= 15 is 0 Å². The number of anilines is 2. The first-order chi connectivity index (χ1) is 15.6. The van der Waals surface area contributed by atoms with Gasteiger partial charge in [-0.15, -0.1) is 13.2 Å². The molecule has 0 saturated carbocycles. The van der Waals surface area contributed by atoms with Crippen LogP contribution < -0.4 is 15.4 Å². The van der Waals surface area contributed by atoms with Crippen LogP contribution in [-0.4, -0.2) is 48.5 Å². The summed E-state index contributed by atoms with van der Waals surface area (Å²) in [6.07, 6.45) is -4.81. The summed E-state index contributed by atoms with van der Waals surface area (Å²) in [5.74, 6) is -0.945. The molecule has 0 atom stereocenters. The van der Waals surface area contributed by atoms with Crippen LogP contribution in [-0.2, 0) is 0 Å². The quantitative estimate of drug-likeness (QED) is 0.536. The van der Waals surface area contributed by atoms with Gasteiger partial charge in [0.1, 0.15) is 17.0 Å². The van der Waals surface area contributed by atoms with Gasteiger partial charge in [-0.25, -0.2) is 0 Å². The zero-order valence-corrected chi connectivity index (χ0v) is 18.4. The topological polar surface area (TPSA) is 84.8 Å². The van der Waals surface area contributed by atoms with Crippen LogP contribution in [0.1, 0.15) is 10.4 Å². The normalized spacial score (nSPS) is 14.5. The fourth-order valence-electron chi connectivity index (χ4n) is 3.53. The van der Waals surface area contributed by atoms with Crippen LogP contribution in [0.3, 0.4) is 0 Å². The molecule has 2 heterocycles. The lowest BCUT2D eigenvalue weighted by Gasteiger charge is -2.36. The molecule has 1 aliphatic rings. The van der Waals surface area contributed by atoms with Crippen molar-refractivity contribution >= 4 is 40.7 Å². The largest absolute Gasteiger partial charge is 0.573 e. The summed E-state index contributed by atoms with van der Waals surface area (Å²) in [5, 5.41) is 4.74. The molecule has 0 bridgehead atoms. The van der Waals surface area contributed by atoms with E-state index in [2.05, 4.69) is 14.8 Å². The van der Waals surface area contributed by atoms with Gasteiger partial charge in [-0.1, -0.05) is 28.4 Å². The second kappa shape index (κ2) is 9.03. The highest BCUT2D eigenvalue weighted by Crippen LogP contribution is 2.32. The predicted molar refractivity (Wildman–Crippen MR) is 118 cm³/mol. The van der Waals surface area contributed by atoms with Crippen molar-refractivity contribution in [3.63, 3.8) is 0 Å². The van der Waals surface area contributed by atoms with Crippen molar-refractivity contribution in [2.75, 3.05) is 36.8 Å². The second-order valence-electron chi connectivity index (χ2n) is 7.22. The zero-order chi connectivity index (χ0) is 23.8. The summed E-state index contributed by atoms with van der Waals surface area (Å²) in [4.78, 5) is 16.9. The van der Waals surface area contributed by atoms with Crippen LogP contribution in [0.2, 0.25) is 10.0 Å². The van der Waals surface area contributed by atoms with Crippen molar-refractivity contribution in [1.82, 2.24) is 10.1 Å². The molecule has 0 spiro atoms. The van der Waals surface area contributed by atoms with Gasteiger partial charge in [0, 0.05) is 37.4 Å². The van der Waals surface area contributed by atoms with E-state index in [-0.39, 0.29) is 23.0 Å². The fraction of sp³-hybridized carbons (Fsp3) is 0.238. The Morgan fingerprint density at radius 3 is 2.30 bits per heavy atom. The summed E-state index contributed by atoms with van der Waals surface area (Å²) < 4.78 is 46.0. The summed E-state index contributed by atoms with van der Waals surface area (Å²) in [7, 11) is 0. The summed E-state index contributed by atoms with van der Waals surface area (Å²) in [6.45, 7) is 1.91. The van der Waals surface area contributed by atoms with E-state index in [0.717, 1.165) is 17.8 Å². The molecule has 1 amide bonds. The molecular formula is C21H17Cl2F3N4O3. The van der Waals surface area contributed by atoms with Gasteiger partial charge in [-0.2, -0.15) is 0 Å². The van der Waals surface area contributed by atoms with Gasteiger partial charge < -0.3 is 24.8 Å². The average molecular weight is 501 g/mol. The Bertz CT molecular complexity index is 1160. The maximum absolute atomic E-state index is 13.2. The number of piperazine rings is 1. The highest BCUT2D eigenvalue weighted by Gasteiger charge is 2.32. The molecule has 12 heteroatoms. The predicted octanol–water partition coefficient (Wildman–Crippen LogP) is 5.09. The van der Waals surface area contributed by atoms with Crippen molar-refractivity contribution in [2.45, 2.75) is 6.36 Å². The van der Waals surface area contributed by atoms with E-state index in [4.69, 9.17) is 33.5 Å². The van der Waals surface area contributed by atoms with Crippen LogP contribution in [0, 0.1) is 0 Å². The van der Waals surface area contributed by atoms with Gasteiger partial charge in [0.2, 0.25) is 5.88 Å². The smallest absolute Gasteiger partial charge is 0.406 e. The third kappa shape index (κ3) is 5.12. The van der Waals surface area contributed by atoms with Crippen LogP contribution >= 0.6 is 23.2 Å². The number of hydrogen-bond donors (Lipinski definition) is 1. The maximum atomic E-state index is 13.2. The minimum Gasteiger partial charge on any atom is -0.406 e. The van der Waals surface area contributed by atoms with Crippen LogP contribution in [0.4, 0.5) is 24.7 Å². The SMILES string of the molecule is Nc1onc(-c2ccc(OC(F)(F)F)cc2)c1C(=O)N1CCN(c2ccc(Cl)c(Cl)c2)CC1. The molecule has 1 aromatic heterocycles. The van der Waals surface area contributed by atoms with Gasteiger partial charge >= 0.3 is 6.36 Å². The van der Waals surface area contributed by atoms with E-state index in [0.29, 0.717) is 41.8 Å². The molecule has 1 aliphatic heterocycles. The van der Waals surface area contributed by atoms with Gasteiger partial charge in [-0.05, 0) is 42.5 Å². The van der Waals surface area contributed by atoms with Crippen molar-refractivity contribution in [1.29, 1.82) is 0 Å². The number of carbonyl (C=O) groups excluding carboxylic acids is 1. The Morgan fingerprint density at radius 1 is 1.03 bits per heavy atom. The first-order valence-corrected chi connectivity index (χ1v) is 10.5. The van der Waals surface area contributed by atoms with Crippen LogP contribution in [0.25, 0.3) is 11.3 Å². The van der Waals surface area contributed by atoms with Crippen LogP contribution in [0.5, 0.6) is 5.75 Å². The molecular weight excluding hydrogens is 484 g/mol. The number of nitrogens with two attached hydrogens (primary N) is 1. The Kier molecular flexibility index (Phi) is 6.31. The lowest BCUT2D eigenvalue weighted by Crippen LogP contribution is -2.49. The minimum absolute atomic E-state index is 0.0578. The van der Waals surface area contributed by atoms with Crippen molar-refractivity contribution in [2.24, 2.45) is 0 Å². The van der Waals surface area contributed by atoms with E-state index < -0.39 is 12.1 Å². The molecule has 174 valence electrons. The lowest BCUT2D eigenvalue weighted by atomic mass is 10.1. The molecule has 33 heavy (non-hydrogen) atoms. The van der Waals surface area contributed by atoms with Gasteiger partial charge in [0.15, 0.2) is 0 Å². The molecule has 7 nitrogen and oxygen atoms in total. The lowest BCUT2D eigenvalue weighted by molar-refractivity contribution is -0.274. The number of carbonyl (C=O) groups is 1. The van der Waals surface area contributed by atoms with Crippen molar-refractivity contribution in [3.05, 3.63) is 58.1 Å².